The number of benzene rings is 1. The van der Waals surface area contributed by atoms with Crippen LogP contribution in [0.4, 0.5) is 19.0 Å². The monoisotopic (exact) mass is 359 g/mol. The highest BCUT2D eigenvalue weighted by molar-refractivity contribution is 9.10. The third-order valence-corrected chi connectivity index (χ3v) is 4.28. The van der Waals surface area contributed by atoms with Crippen LogP contribution in [0.15, 0.2) is 34.8 Å². The van der Waals surface area contributed by atoms with Gasteiger partial charge in [-0.25, -0.2) is 4.68 Å². The van der Waals surface area contributed by atoms with Gasteiger partial charge in [-0.3, -0.25) is 0 Å². The zero-order valence-corrected chi connectivity index (χ0v) is 12.7. The largest absolute Gasteiger partial charge is 0.410 e. The predicted molar refractivity (Wildman–Crippen MR) is 78.2 cm³/mol. The minimum absolute atomic E-state index is 0.0289. The van der Waals surface area contributed by atoms with Crippen molar-refractivity contribution in [3.63, 3.8) is 0 Å². The average molecular weight is 360 g/mol. The second-order valence-corrected chi connectivity index (χ2v) is 5.95. The van der Waals surface area contributed by atoms with Gasteiger partial charge in [-0.2, -0.15) is 18.3 Å². The summed E-state index contributed by atoms with van der Waals surface area (Å²) >= 11 is 3.38. The lowest BCUT2D eigenvalue weighted by atomic mass is 10.1. The molecule has 0 saturated carbocycles. The molecule has 1 N–H and O–H groups in total. The van der Waals surface area contributed by atoms with Crippen LogP contribution in [0.3, 0.4) is 0 Å². The topological polar surface area (TPSA) is 29.9 Å². The predicted octanol–water partition coefficient (Wildman–Crippen LogP) is 4.62. The number of anilines is 1. The van der Waals surface area contributed by atoms with Crippen LogP contribution in [-0.4, -0.2) is 22.0 Å². The van der Waals surface area contributed by atoms with E-state index in [1.807, 2.05) is 30.3 Å². The van der Waals surface area contributed by atoms with Crippen molar-refractivity contribution in [1.29, 1.82) is 0 Å². The van der Waals surface area contributed by atoms with Gasteiger partial charge >= 0.3 is 6.18 Å². The zero-order chi connectivity index (χ0) is 15.2. The molecule has 2 unspecified atom stereocenters. The van der Waals surface area contributed by atoms with Gasteiger partial charge in [-0.1, -0.05) is 30.3 Å². The summed E-state index contributed by atoms with van der Waals surface area (Å²) in [6.07, 6.45) is -4.34. The van der Waals surface area contributed by atoms with Gasteiger partial charge in [0.1, 0.15) is 11.5 Å². The fourth-order valence-corrected chi connectivity index (χ4v) is 3.15. The van der Waals surface area contributed by atoms with E-state index in [1.54, 1.807) is 6.92 Å². The van der Waals surface area contributed by atoms with E-state index in [-0.39, 0.29) is 12.5 Å². The molecule has 1 aliphatic heterocycles. The van der Waals surface area contributed by atoms with Gasteiger partial charge in [0.05, 0.1) is 4.47 Å². The number of nitrogens with one attached hydrogen (secondary N) is 1. The number of aromatic nitrogens is 2. The number of rotatable bonds is 1. The number of nitrogens with zero attached hydrogens (tertiary/aromatic N) is 2. The summed E-state index contributed by atoms with van der Waals surface area (Å²) in [5.74, 6) is 0.384. The summed E-state index contributed by atoms with van der Waals surface area (Å²) in [4.78, 5) is 0. The molecule has 2 heterocycles. The number of alkyl halides is 3. The van der Waals surface area contributed by atoms with Gasteiger partial charge in [0.2, 0.25) is 0 Å². The highest BCUT2D eigenvalue weighted by atomic mass is 79.9. The van der Waals surface area contributed by atoms with Crippen LogP contribution >= 0.6 is 15.9 Å². The Morgan fingerprint density at radius 2 is 1.95 bits per heavy atom. The maximum atomic E-state index is 13.2. The molecule has 21 heavy (non-hydrogen) atoms. The van der Waals surface area contributed by atoms with Gasteiger partial charge in [0.25, 0.3) is 0 Å². The highest BCUT2D eigenvalue weighted by Gasteiger charge is 2.46. The average Bonchev–Trinajstić information content (AvgIpc) is 2.75. The van der Waals surface area contributed by atoms with Gasteiger partial charge in [-0.15, -0.1) is 0 Å². The lowest BCUT2D eigenvalue weighted by Crippen LogP contribution is -2.38. The Morgan fingerprint density at radius 3 is 2.57 bits per heavy atom. The maximum absolute atomic E-state index is 13.2. The summed E-state index contributed by atoms with van der Waals surface area (Å²) in [6.45, 7) is 1.74. The van der Waals surface area contributed by atoms with E-state index in [2.05, 4.69) is 26.3 Å². The minimum Gasteiger partial charge on any atom is -0.367 e. The molecule has 0 saturated heterocycles. The maximum Gasteiger partial charge on any atom is 0.410 e. The summed E-state index contributed by atoms with van der Waals surface area (Å²) in [5.41, 5.74) is 1.29. The summed E-state index contributed by atoms with van der Waals surface area (Å²) < 4.78 is 41.3. The third-order valence-electron chi connectivity index (χ3n) is 3.53. The molecule has 0 aliphatic carbocycles. The van der Waals surface area contributed by atoms with Gasteiger partial charge in [0.15, 0.2) is 6.04 Å². The molecule has 112 valence electrons. The highest BCUT2D eigenvalue weighted by Crippen LogP contribution is 2.44. The second-order valence-electron chi connectivity index (χ2n) is 5.16. The number of fused-ring (bicyclic) bond motifs is 1. The summed E-state index contributed by atoms with van der Waals surface area (Å²) in [5, 5.41) is 7.26. The molecule has 7 heteroatoms. The summed E-state index contributed by atoms with van der Waals surface area (Å²) in [7, 11) is 0. The van der Waals surface area contributed by atoms with Crippen molar-refractivity contribution in [3.8, 4) is 11.3 Å². The Kier molecular flexibility index (Phi) is 3.47. The molecule has 0 fully saturated rings. The SMILES string of the molecule is CC1CC(C(F)(F)F)n2nc(-c3ccccc3)c(Br)c2N1. The van der Waals surface area contributed by atoms with Gasteiger partial charge in [-0.05, 0) is 29.3 Å². The lowest BCUT2D eigenvalue weighted by Gasteiger charge is -2.31. The molecule has 0 amide bonds. The molecular weight excluding hydrogens is 347 g/mol. The van der Waals surface area contributed by atoms with Crippen LogP contribution in [0.1, 0.15) is 19.4 Å². The van der Waals surface area contributed by atoms with E-state index in [4.69, 9.17) is 0 Å². The first kappa shape index (κ1) is 14.4. The van der Waals surface area contributed by atoms with Crippen LogP contribution in [0, 0.1) is 0 Å². The van der Waals surface area contributed by atoms with E-state index in [0.29, 0.717) is 16.0 Å². The number of halogens is 4. The molecule has 2 atom stereocenters. The van der Waals surface area contributed by atoms with E-state index >= 15 is 0 Å². The fraction of sp³-hybridized carbons (Fsp3) is 0.357. The van der Waals surface area contributed by atoms with Gasteiger partial charge in [0, 0.05) is 11.6 Å². The quantitative estimate of drug-likeness (QED) is 0.804. The van der Waals surface area contributed by atoms with Crippen LogP contribution in [0.5, 0.6) is 0 Å². The number of hydrogen-bond acceptors (Lipinski definition) is 2. The van der Waals surface area contributed by atoms with E-state index in [0.717, 1.165) is 10.2 Å². The third kappa shape index (κ3) is 2.54. The van der Waals surface area contributed by atoms with E-state index in [9.17, 15) is 13.2 Å². The molecular formula is C14H13BrF3N3. The Balaban J connectivity index is 2.13. The van der Waals surface area contributed by atoms with Gasteiger partial charge < -0.3 is 5.32 Å². The first-order valence-corrected chi connectivity index (χ1v) is 7.34. The Labute approximate surface area is 128 Å². The van der Waals surface area contributed by atoms with Crippen molar-refractivity contribution in [1.82, 2.24) is 9.78 Å². The standard InChI is InChI=1S/C14H13BrF3N3/c1-8-7-10(14(16,17)18)21-13(19-8)11(15)12(20-21)9-5-3-2-4-6-9/h2-6,8,10,19H,7H2,1H3. The molecule has 2 aromatic rings. The van der Waals surface area contributed by atoms with Crippen LogP contribution in [0.25, 0.3) is 11.3 Å². The normalized spacial score (nSPS) is 21.8. The second kappa shape index (κ2) is 5.05. The van der Waals surface area contributed by atoms with Crippen molar-refractivity contribution >= 4 is 21.7 Å². The van der Waals surface area contributed by atoms with E-state index in [1.165, 1.54) is 0 Å². The number of hydrogen-bond donors (Lipinski definition) is 1. The molecule has 3 rings (SSSR count). The molecule has 0 bridgehead atoms. The van der Waals surface area contributed by atoms with E-state index < -0.39 is 12.2 Å². The molecule has 1 aromatic carbocycles. The molecule has 0 radical (unpaired) electrons. The summed E-state index contributed by atoms with van der Waals surface area (Å²) in [6, 6.07) is 7.30. The van der Waals surface area contributed by atoms with Crippen molar-refractivity contribution in [2.24, 2.45) is 0 Å². The first-order valence-electron chi connectivity index (χ1n) is 6.54. The Hall–Kier alpha value is -1.50. The molecule has 0 spiro atoms. The minimum atomic E-state index is -4.31. The molecule has 1 aliphatic rings. The zero-order valence-electron chi connectivity index (χ0n) is 11.2. The van der Waals surface area contributed by atoms with Crippen molar-refractivity contribution in [2.75, 3.05) is 5.32 Å². The molecule has 3 nitrogen and oxygen atoms in total. The van der Waals surface area contributed by atoms with Crippen molar-refractivity contribution in [3.05, 3.63) is 34.8 Å². The van der Waals surface area contributed by atoms with Crippen LogP contribution in [-0.2, 0) is 0 Å². The van der Waals surface area contributed by atoms with Crippen molar-refractivity contribution < 1.29 is 13.2 Å². The van der Waals surface area contributed by atoms with Crippen LogP contribution in [0.2, 0.25) is 0 Å². The smallest absolute Gasteiger partial charge is 0.367 e. The Morgan fingerprint density at radius 1 is 1.29 bits per heavy atom. The first-order chi connectivity index (χ1) is 9.88. The lowest BCUT2D eigenvalue weighted by molar-refractivity contribution is -0.173. The fourth-order valence-electron chi connectivity index (χ4n) is 2.55. The van der Waals surface area contributed by atoms with Crippen LogP contribution < -0.4 is 5.32 Å². The molecule has 1 aromatic heterocycles. The van der Waals surface area contributed by atoms with Crippen molar-refractivity contribution in [2.45, 2.75) is 31.6 Å². The Bertz CT molecular complexity index is 651.